The summed E-state index contributed by atoms with van der Waals surface area (Å²) in [7, 11) is 0. The molecule has 0 aromatic heterocycles. The maximum atomic E-state index is 11.5. The number of hydrogen-bond acceptors (Lipinski definition) is 3. The predicted octanol–water partition coefficient (Wildman–Crippen LogP) is 0.535. The van der Waals surface area contributed by atoms with E-state index in [1.54, 1.807) is 0 Å². The number of nitrogens with two attached hydrogens (primary N) is 1. The number of nitrogens with one attached hydrogen (secondary N) is 2. The molecule has 1 aliphatic rings. The molecule has 1 aliphatic carbocycles. The first kappa shape index (κ1) is 15.0. The van der Waals surface area contributed by atoms with Crippen LogP contribution in [0, 0.1) is 5.92 Å². The second kappa shape index (κ2) is 7.36. The van der Waals surface area contributed by atoms with Crippen molar-refractivity contribution in [2.45, 2.75) is 58.0 Å². The van der Waals surface area contributed by atoms with Gasteiger partial charge in [0.15, 0.2) is 0 Å². The molecule has 4 N–H and O–H groups in total. The summed E-state index contributed by atoms with van der Waals surface area (Å²) in [5.41, 5.74) is 5.88. The van der Waals surface area contributed by atoms with Crippen molar-refractivity contribution in [3.05, 3.63) is 0 Å². The molecule has 5 nitrogen and oxygen atoms in total. The van der Waals surface area contributed by atoms with E-state index in [2.05, 4.69) is 10.6 Å². The van der Waals surface area contributed by atoms with Crippen molar-refractivity contribution >= 4 is 11.8 Å². The van der Waals surface area contributed by atoms with E-state index in [0.29, 0.717) is 31.7 Å². The second-order valence-corrected chi connectivity index (χ2v) is 5.38. The summed E-state index contributed by atoms with van der Waals surface area (Å²) >= 11 is 0. The first-order chi connectivity index (χ1) is 8.49. The van der Waals surface area contributed by atoms with E-state index in [9.17, 15) is 9.59 Å². The summed E-state index contributed by atoms with van der Waals surface area (Å²) in [5, 5.41) is 5.62. The lowest BCUT2D eigenvalue weighted by Crippen LogP contribution is -2.38. The van der Waals surface area contributed by atoms with Gasteiger partial charge in [0.2, 0.25) is 11.8 Å². The lowest BCUT2D eigenvalue weighted by Gasteiger charge is -2.11. The Morgan fingerprint density at radius 1 is 1.22 bits per heavy atom. The van der Waals surface area contributed by atoms with Gasteiger partial charge in [-0.15, -0.1) is 0 Å². The molecule has 0 bridgehead atoms. The zero-order valence-electron chi connectivity index (χ0n) is 11.4. The maximum absolute atomic E-state index is 11.5. The third kappa shape index (κ3) is 6.59. The average Bonchev–Trinajstić information content (AvgIpc) is 3.08. The summed E-state index contributed by atoms with van der Waals surface area (Å²) in [4.78, 5) is 22.8. The van der Waals surface area contributed by atoms with Gasteiger partial charge in [-0.25, -0.2) is 0 Å². The van der Waals surface area contributed by atoms with Crippen LogP contribution in [-0.4, -0.2) is 30.4 Å². The molecule has 18 heavy (non-hydrogen) atoms. The summed E-state index contributed by atoms with van der Waals surface area (Å²) in [6, 6.07) is 0.251. The molecule has 0 aromatic rings. The van der Waals surface area contributed by atoms with Gasteiger partial charge in [-0.05, 0) is 39.0 Å². The Hall–Kier alpha value is -1.10. The van der Waals surface area contributed by atoms with E-state index in [-0.39, 0.29) is 23.9 Å². The van der Waals surface area contributed by atoms with E-state index < -0.39 is 0 Å². The highest BCUT2D eigenvalue weighted by Crippen LogP contribution is 2.31. The van der Waals surface area contributed by atoms with Crippen LogP contribution in [0.3, 0.4) is 0 Å². The van der Waals surface area contributed by atoms with E-state index in [1.807, 2.05) is 13.8 Å². The van der Waals surface area contributed by atoms with Gasteiger partial charge in [0.25, 0.3) is 0 Å². The van der Waals surface area contributed by atoms with Crippen molar-refractivity contribution in [3.63, 3.8) is 0 Å². The zero-order valence-corrected chi connectivity index (χ0v) is 11.4. The number of carbonyl (C=O) groups is 2. The molecule has 0 spiro atoms. The number of rotatable bonds is 8. The van der Waals surface area contributed by atoms with Gasteiger partial charge in [-0.2, -0.15) is 0 Å². The lowest BCUT2D eigenvalue weighted by atomic mass is 10.2. The Bertz CT molecular complexity index is 288. The van der Waals surface area contributed by atoms with E-state index >= 15 is 0 Å². The fraction of sp³-hybridized carbons (Fsp3) is 0.846. The summed E-state index contributed by atoms with van der Waals surface area (Å²) in [5.74, 6) is 0.595. The molecule has 1 fully saturated rings. The van der Waals surface area contributed by atoms with E-state index in [0.717, 1.165) is 0 Å². The molecular weight excluding hydrogens is 230 g/mol. The molecule has 0 aromatic carbocycles. The van der Waals surface area contributed by atoms with Crippen molar-refractivity contribution in [1.29, 1.82) is 0 Å². The molecule has 0 heterocycles. The zero-order chi connectivity index (χ0) is 13.5. The standard InChI is InChI=1S/C13H25N3O2/c1-9(2)16-13(18)5-3-4-12(17)15-8-11(14)10-6-7-10/h9-11H,3-8,14H2,1-2H3,(H,15,17)(H,16,18). The van der Waals surface area contributed by atoms with Crippen molar-refractivity contribution in [2.24, 2.45) is 11.7 Å². The van der Waals surface area contributed by atoms with Gasteiger partial charge in [-0.1, -0.05) is 0 Å². The van der Waals surface area contributed by atoms with Crippen molar-refractivity contribution in [3.8, 4) is 0 Å². The fourth-order valence-electron chi connectivity index (χ4n) is 1.81. The monoisotopic (exact) mass is 255 g/mol. The Morgan fingerprint density at radius 3 is 2.39 bits per heavy atom. The Kier molecular flexibility index (Phi) is 6.12. The minimum absolute atomic E-state index is 0.00693. The summed E-state index contributed by atoms with van der Waals surface area (Å²) < 4.78 is 0. The third-order valence-corrected chi connectivity index (χ3v) is 3.02. The number of hydrogen-bond donors (Lipinski definition) is 3. The van der Waals surface area contributed by atoms with Crippen LogP contribution in [0.4, 0.5) is 0 Å². The molecule has 5 heteroatoms. The van der Waals surface area contributed by atoms with Gasteiger partial charge in [0.05, 0.1) is 0 Å². The fourth-order valence-corrected chi connectivity index (χ4v) is 1.81. The topological polar surface area (TPSA) is 84.2 Å². The van der Waals surface area contributed by atoms with Crippen molar-refractivity contribution in [1.82, 2.24) is 10.6 Å². The third-order valence-electron chi connectivity index (χ3n) is 3.02. The molecule has 1 rings (SSSR count). The van der Waals surface area contributed by atoms with Gasteiger partial charge < -0.3 is 16.4 Å². The molecular formula is C13H25N3O2. The normalized spacial score (nSPS) is 16.4. The largest absolute Gasteiger partial charge is 0.355 e. The Morgan fingerprint density at radius 2 is 1.83 bits per heavy atom. The highest BCUT2D eigenvalue weighted by Gasteiger charge is 2.28. The highest BCUT2D eigenvalue weighted by atomic mass is 16.2. The van der Waals surface area contributed by atoms with Crippen LogP contribution in [0.15, 0.2) is 0 Å². The molecule has 0 saturated heterocycles. The smallest absolute Gasteiger partial charge is 0.220 e. The number of carbonyl (C=O) groups excluding carboxylic acids is 2. The van der Waals surface area contributed by atoms with Crippen LogP contribution < -0.4 is 16.4 Å². The molecule has 1 unspecified atom stereocenters. The van der Waals surface area contributed by atoms with Crippen LogP contribution in [0.2, 0.25) is 0 Å². The minimum Gasteiger partial charge on any atom is -0.355 e. The van der Waals surface area contributed by atoms with Crippen LogP contribution >= 0.6 is 0 Å². The summed E-state index contributed by atoms with van der Waals surface area (Å²) in [6.07, 6.45) is 3.76. The van der Waals surface area contributed by atoms with Crippen LogP contribution in [0.25, 0.3) is 0 Å². The van der Waals surface area contributed by atoms with Gasteiger partial charge in [-0.3, -0.25) is 9.59 Å². The minimum atomic E-state index is -0.0107. The van der Waals surface area contributed by atoms with Crippen molar-refractivity contribution < 1.29 is 9.59 Å². The number of amides is 2. The quantitative estimate of drug-likeness (QED) is 0.591. The van der Waals surface area contributed by atoms with Gasteiger partial charge in [0, 0.05) is 31.5 Å². The van der Waals surface area contributed by atoms with Crippen LogP contribution in [-0.2, 0) is 9.59 Å². The Labute approximate surface area is 109 Å². The Balaban J connectivity index is 2.00. The molecule has 0 radical (unpaired) electrons. The molecule has 1 saturated carbocycles. The predicted molar refractivity (Wildman–Crippen MR) is 70.8 cm³/mol. The molecule has 104 valence electrons. The first-order valence-corrected chi connectivity index (χ1v) is 6.80. The highest BCUT2D eigenvalue weighted by molar-refractivity contribution is 5.78. The maximum Gasteiger partial charge on any atom is 0.220 e. The molecule has 2 amide bonds. The first-order valence-electron chi connectivity index (χ1n) is 6.80. The summed E-state index contributed by atoms with van der Waals surface area (Å²) in [6.45, 7) is 4.40. The molecule has 0 aliphatic heterocycles. The second-order valence-electron chi connectivity index (χ2n) is 5.38. The van der Waals surface area contributed by atoms with Crippen LogP contribution in [0.5, 0.6) is 0 Å². The van der Waals surface area contributed by atoms with Gasteiger partial charge in [0.1, 0.15) is 0 Å². The van der Waals surface area contributed by atoms with Crippen LogP contribution in [0.1, 0.15) is 46.0 Å². The van der Waals surface area contributed by atoms with Gasteiger partial charge >= 0.3 is 0 Å². The SMILES string of the molecule is CC(C)NC(=O)CCCC(=O)NCC(N)C1CC1. The average molecular weight is 255 g/mol. The van der Waals surface area contributed by atoms with Crippen molar-refractivity contribution in [2.75, 3.05) is 6.54 Å². The van der Waals surface area contributed by atoms with E-state index in [4.69, 9.17) is 5.73 Å². The molecule has 1 atom stereocenters. The lowest BCUT2D eigenvalue weighted by molar-refractivity contribution is -0.122. The van der Waals surface area contributed by atoms with E-state index in [1.165, 1.54) is 12.8 Å².